The van der Waals surface area contributed by atoms with Crippen molar-refractivity contribution < 1.29 is 9.59 Å². The standard InChI is InChI=1S/C27H34N4O3/c32-25-23(26(33)29-20-8-4-2-1-3-5-9-20)17-30(16-21-10-6-7-13-28-21)18-24(25)27(34)31-15-19-11-12-22(31)14-19/h6-7,10,13,17-20,22H,1-5,8-9,11-12,14-16H2,(H,29,33)/t19-,22+/m0/s1. The van der Waals surface area contributed by atoms with Gasteiger partial charge in [-0.25, -0.2) is 0 Å². The van der Waals surface area contributed by atoms with Crippen LogP contribution in [0.25, 0.3) is 0 Å². The Labute approximate surface area is 200 Å². The van der Waals surface area contributed by atoms with Gasteiger partial charge in [0, 0.05) is 37.2 Å². The lowest BCUT2D eigenvalue weighted by molar-refractivity contribution is 0.0701. The van der Waals surface area contributed by atoms with E-state index in [1.165, 1.54) is 19.3 Å². The number of hydrogen-bond donors (Lipinski definition) is 1. The number of rotatable bonds is 5. The summed E-state index contributed by atoms with van der Waals surface area (Å²) in [5.74, 6) is -0.0778. The molecular formula is C27H34N4O3. The van der Waals surface area contributed by atoms with E-state index in [1.807, 2.05) is 23.1 Å². The molecule has 2 aromatic heterocycles. The first kappa shape index (κ1) is 22.8. The van der Waals surface area contributed by atoms with Crippen LogP contribution in [-0.4, -0.2) is 44.9 Å². The maximum Gasteiger partial charge on any atom is 0.259 e. The predicted octanol–water partition coefficient (Wildman–Crippen LogP) is 3.76. The van der Waals surface area contributed by atoms with Crippen LogP contribution < -0.4 is 10.7 Å². The highest BCUT2D eigenvalue weighted by atomic mass is 16.2. The minimum absolute atomic E-state index is 0.0493. The van der Waals surface area contributed by atoms with Gasteiger partial charge in [0.05, 0.1) is 12.2 Å². The Balaban J connectivity index is 1.44. The van der Waals surface area contributed by atoms with E-state index in [0.717, 1.165) is 50.6 Å². The summed E-state index contributed by atoms with van der Waals surface area (Å²) in [6, 6.07) is 5.94. The fourth-order valence-corrected chi connectivity index (χ4v) is 5.91. The lowest BCUT2D eigenvalue weighted by atomic mass is 9.96. The van der Waals surface area contributed by atoms with Gasteiger partial charge in [0.1, 0.15) is 11.1 Å². The van der Waals surface area contributed by atoms with Crippen molar-refractivity contribution in [3.63, 3.8) is 0 Å². The second-order valence-corrected chi connectivity index (χ2v) is 10.2. The van der Waals surface area contributed by atoms with Crippen LogP contribution in [0.15, 0.2) is 41.6 Å². The van der Waals surface area contributed by atoms with Crippen molar-refractivity contribution in [2.24, 2.45) is 5.92 Å². The third kappa shape index (κ3) is 4.93. The molecule has 2 bridgehead atoms. The summed E-state index contributed by atoms with van der Waals surface area (Å²) < 4.78 is 1.76. The van der Waals surface area contributed by atoms with Crippen molar-refractivity contribution in [2.45, 2.75) is 82.8 Å². The maximum absolute atomic E-state index is 13.5. The fraction of sp³-hybridized carbons (Fsp3) is 0.556. The van der Waals surface area contributed by atoms with Crippen molar-refractivity contribution in [3.05, 3.63) is 63.8 Å². The highest BCUT2D eigenvalue weighted by Gasteiger charge is 2.41. The molecule has 2 amide bonds. The largest absolute Gasteiger partial charge is 0.349 e. The number of nitrogens with one attached hydrogen (secondary N) is 1. The summed E-state index contributed by atoms with van der Waals surface area (Å²) in [6.07, 6.45) is 15.8. The molecule has 3 fully saturated rings. The monoisotopic (exact) mass is 462 g/mol. The van der Waals surface area contributed by atoms with Crippen LogP contribution in [0.2, 0.25) is 0 Å². The van der Waals surface area contributed by atoms with Crippen LogP contribution in [0.1, 0.15) is 90.6 Å². The molecule has 1 N–H and O–H groups in total. The number of fused-ring (bicyclic) bond motifs is 2. The van der Waals surface area contributed by atoms with Gasteiger partial charge in [0.25, 0.3) is 11.8 Å². The number of amides is 2. The first-order valence-electron chi connectivity index (χ1n) is 12.8. The van der Waals surface area contributed by atoms with Crippen LogP contribution >= 0.6 is 0 Å². The van der Waals surface area contributed by atoms with E-state index in [-0.39, 0.29) is 35.0 Å². The molecule has 1 saturated heterocycles. The van der Waals surface area contributed by atoms with Crippen molar-refractivity contribution in [1.82, 2.24) is 19.8 Å². The predicted molar refractivity (Wildman–Crippen MR) is 130 cm³/mol. The zero-order valence-corrected chi connectivity index (χ0v) is 19.7. The van der Waals surface area contributed by atoms with E-state index in [1.54, 1.807) is 23.2 Å². The molecule has 2 aliphatic carbocycles. The van der Waals surface area contributed by atoms with Crippen LogP contribution in [0, 0.1) is 5.92 Å². The molecule has 2 aromatic rings. The Hall–Kier alpha value is -2.96. The molecule has 2 atom stereocenters. The fourth-order valence-electron chi connectivity index (χ4n) is 5.91. The molecule has 7 heteroatoms. The summed E-state index contributed by atoms with van der Waals surface area (Å²) in [4.78, 5) is 46.4. The molecule has 0 unspecified atom stereocenters. The zero-order valence-electron chi connectivity index (χ0n) is 19.7. The smallest absolute Gasteiger partial charge is 0.259 e. The van der Waals surface area contributed by atoms with Crippen LogP contribution in [0.3, 0.4) is 0 Å². The van der Waals surface area contributed by atoms with Crippen molar-refractivity contribution in [3.8, 4) is 0 Å². The summed E-state index contributed by atoms with van der Waals surface area (Å²) in [6.45, 7) is 1.10. The first-order chi connectivity index (χ1) is 16.6. The van der Waals surface area contributed by atoms with Gasteiger partial charge in [-0.05, 0) is 50.2 Å². The molecular weight excluding hydrogens is 428 g/mol. The lowest BCUT2D eigenvalue weighted by Gasteiger charge is -2.27. The van der Waals surface area contributed by atoms with Crippen molar-refractivity contribution in [2.75, 3.05) is 6.54 Å². The normalized spacial score (nSPS) is 22.9. The topological polar surface area (TPSA) is 84.3 Å². The van der Waals surface area contributed by atoms with Crippen molar-refractivity contribution in [1.29, 1.82) is 0 Å². The number of carbonyl (C=O) groups is 2. The van der Waals surface area contributed by atoms with E-state index < -0.39 is 5.43 Å². The Morgan fingerprint density at radius 3 is 2.41 bits per heavy atom. The Kier molecular flexibility index (Phi) is 6.79. The second-order valence-electron chi connectivity index (χ2n) is 10.2. The van der Waals surface area contributed by atoms with E-state index >= 15 is 0 Å². The van der Waals surface area contributed by atoms with Gasteiger partial charge in [-0.3, -0.25) is 19.4 Å². The molecule has 0 radical (unpaired) electrons. The molecule has 34 heavy (non-hydrogen) atoms. The molecule has 0 spiro atoms. The number of nitrogens with zero attached hydrogens (tertiary/aromatic N) is 3. The van der Waals surface area contributed by atoms with E-state index in [0.29, 0.717) is 19.0 Å². The molecule has 1 aliphatic heterocycles. The molecule has 5 rings (SSSR count). The lowest BCUT2D eigenvalue weighted by Crippen LogP contribution is -2.42. The number of piperidine rings is 1. The van der Waals surface area contributed by atoms with Crippen LogP contribution in [0.4, 0.5) is 0 Å². The average Bonchev–Trinajstić information content (AvgIpc) is 3.46. The Morgan fingerprint density at radius 2 is 1.74 bits per heavy atom. The maximum atomic E-state index is 13.5. The highest BCUT2D eigenvalue weighted by Crippen LogP contribution is 2.37. The molecule has 3 aliphatic rings. The minimum atomic E-state index is -0.464. The SMILES string of the molecule is O=C(NC1CCCCCCC1)c1cn(Cc2ccccn2)cc(C(=O)N2C[C@H]3CC[C@@H]2C3)c1=O. The number of hydrogen-bond acceptors (Lipinski definition) is 4. The summed E-state index contributed by atoms with van der Waals surface area (Å²) >= 11 is 0. The molecule has 2 saturated carbocycles. The van der Waals surface area contributed by atoms with Crippen molar-refractivity contribution >= 4 is 11.8 Å². The van der Waals surface area contributed by atoms with Gasteiger partial charge in [0.15, 0.2) is 0 Å². The number of carbonyl (C=O) groups excluding carboxylic acids is 2. The quantitative estimate of drug-likeness (QED) is 0.733. The Bertz CT molecular complexity index is 1090. The number of aromatic nitrogens is 2. The zero-order chi connectivity index (χ0) is 23.5. The van der Waals surface area contributed by atoms with E-state index in [2.05, 4.69) is 10.3 Å². The van der Waals surface area contributed by atoms with Gasteiger partial charge >= 0.3 is 0 Å². The van der Waals surface area contributed by atoms with Crippen LogP contribution in [-0.2, 0) is 6.54 Å². The molecule has 0 aromatic carbocycles. The molecule has 7 nitrogen and oxygen atoms in total. The van der Waals surface area contributed by atoms with Gasteiger partial charge in [-0.1, -0.05) is 38.2 Å². The molecule has 3 heterocycles. The average molecular weight is 463 g/mol. The van der Waals surface area contributed by atoms with Gasteiger partial charge in [0.2, 0.25) is 5.43 Å². The minimum Gasteiger partial charge on any atom is -0.349 e. The second kappa shape index (κ2) is 10.1. The van der Waals surface area contributed by atoms with Gasteiger partial charge in [-0.2, -0.15) is 0 Å². The number of likely N-dealkylation sites (tertiary alicyclic amines) is 1. The molecule has 180 valence electrons. The highest BCUT2D eigenvalue weighted by molar-refractivity contribution is 5.99. The first-order valence-corrected chi connectivity index (χ1v) is 12.8. The Morgan fingerprint density at radius 1 is 0.971 bits per heavy atom. The summed E-state index contributed by atoms with van der Waals surface area (Å²) in [7, 11) is 0. The number of pyridine rings is 2. The van der Waals surface area contributed by atoms with Gasteiger partial charge in [-0.15, -0.1) is 0 Å². The third-order valence-electron chi connectivity index (χ3n) is 7.74. The van der Waals surface area contributed by atoms with E-state index in [4.69, 9.17) is 0 Å². The van der Waals surface area contributed by atoms with E-state index in [9.17, 15) is 14.4 Å². The summed E-state index contributed by atoms with van der Waals surface area (Å²) in [5, 5.41) is 3.10. The van der Waals surface area contributed by atoms with Crippen LogP contribution in [0.5, 0.6) is 0 Å². The summed E-state index contributed by atoms with van der Waals surface area (Å²) in [5.41, 5.74) is 0.478. The third-order valence-corrected chi connectivity index (χ3v) is 7.74. The van der Waals surface area contributed by atoms with Gasteiger partial charge < -0.3 is 14.8 Å².